The van der Waals surface area contributed by atoms with E-state index in [4.69, 9.17) is 10.00 Å². The van der Waals surface area contributed by atoms with Crippen molar-refractivity contribution in [3.8, 4) is 6.07 Å². The molecule has 0 saturated carbocycles. The van der Waals surface area contributed by atoms with Crippen LogP contribution in [0.4, 0.5) is 0 Å². The highest BCUT2D eigenvalue weighted by Crippen LogP contribution is 2.17. The molecule has 0 aromatic carbocycles. The molecule has 0 aromatic heterocycles. The molecule has 68 valence electrons. The van der Waals surface area contributed by atoms with E-state index in [9.17, 15) is 0 Å². The quantitative estimate of drug-likeness (QED) is 0.501. The van der Waals surface area contributed by atoms with Crippen LogP contribution in [0.1, 0.15) is 19.3 Å². The van der Waals surface area contributed by atoms with Gasteiger partial charge in [-0.25, -0.2) is 0 Å². The fraction of sp³-hybridized carbons (Fsp3) is 0.889. The fourth-order valence-electron chi connectivity index (χ4n) is 1.49. The molecule has 3 heteroatoms. The fourth-order valence-corrected chi connectivity index (χ4v) is 1.49. The first-order valence-corrected chi connectivity index (χ1v) is 4.59. The molecular weight excluding hydrogens is 152 g/mol. The SMILES string of the molecule is N#CCNCCC1CCOCC1. The second-order valence-corrected chi connectivity index (χ2v) is 3.18. The Bertz CT molecular complexity index is 147. The van der Waals surface area contributed by atoms with E-state index in [-0.39, 0.29) is 0 Å². The van der Waals surface area contributed by atoms with E-state index < -0.39 is 0 Å². The Morgan fingerprint density at radius 1 is 1.42 bits per heavy atom. The number of rotatable bonds is 4. The molecule has 0 bridgehead atoms. The van der Waals surface area contributed by atoms with Crippen LogP contribution < -0.4 is 5.32 Å². The van der Waals surface area contributed by atoms with E-state index in [1.807, 2.05) is 0 Å². The maximum absolute atomic E-state index is 8.27. The lowest BCUT2D eigenvalue weighted by Gasteiger charge is -2.21. The van der Waals surface area contributed by atoms with E-state index in [1.54, 1.807) is 0 Å². The van der Waals surface area contributed by atoms with Crippen molar-refractivity contribution in [2.75, 3.05) is 26.3 Å². The molecule has 1 fully saturated rings. The average molecular weight is 168 g/mol. The van der Waals surface area contributed by atoms with Gasteiger partial charge in [-0.3, -0.25) is 0 Å². The summed E-state index contributed by atoms with van der Waals surface area (Å²) in [6.07, 6.45) is 3.56. The van der Waals surface area contributed by atoms with Crippen LogP contribution in [0.3, 0.4) is 0 Å². The Balaban J connectivity index is 1.95. The first-order chi connectivity index (χ1) is 5.93. The monoisotopic (exact) mass is 168 g/mol. The Hall–Kier alpha value is -0.590. The van der Waals surface area contributed by atoms with Gasteiger partial charge in [0.15, 0.2) is 0 Å². The van der Waals surface area contributed by atoms with Crippen LogP contribution in [-0.2, 0) is 4.74 Å². The smallest absolute Gasteiger partial charge is 0.0840 e. The van der Waals surface area contributed by atoms with E-state index in [1.165, 1.54) is 19.3 Å². The third-order valence-electron chi connectivity index (χ3n) is 2.27. The summed E-state index contributed by atoms with van der Waals surface area (Å²) < 4.78 is 5.25. The van der Waals surface area contributed by atoms with Crippen molar-refractivity contribution < 1.29 is 4.74 Å². The molecule has 1 heterocycles. The van der Waals surface area contributed by atoms with Gasteiger partial charge in [-0.05, 0) is 31.7 Å². The molecule has 1 saturated heterocycles. The zero-order chi connectivity index (χ0) is 8.65. The Morgan fingerprint density at radius 3 is 2.83 bits per heavy atom. The molecule has 0 aliphatic carbocycles. The highest BCUT2D eigenvalue weighted by Gasteiger charge is 2.12. The number of ether oxygens (including phenoxy) is 1. The van der Waals surface area contributed by atoms with E-state index in [0.29, 0.717) is 6.54 Å². The van der Waals surface area contributed by atoms with Gasteiger partial charge in [0.25, 0.3) is 0 Å². The van der Waals surface area contributed by atoms with Crippen LogP contribution in [0.15, 0.2) is 0 Å². The van der Waals surface area contributed by atoms with Gasteiger partial charge in [-0.2, -0.15) is 5.26 Å². The minimum absolute atomic E-state index is 0.475. The van der Waals surface area contributed by atoms with Crippen LogP contribution in [0.5, 0.6) is 0 Å². The zero-order valence-corrected chi connectivity index (χ0v) is 7.38. The number of hydrogen-bond acceptors (Lipinski definition) is 3. The molecule has 3 nitrogen and oxygen atoms in total. The molecule has 0 radical (unpaired) electrons. The van der Waals surface area contributed by atoms with Crippen LogP contribution in [-0.4, -0.2) is 26.3 Å². The van der Waals surface area contributed by atoms with Gasteiger partial charge in [0.05, 0.1) is 12.6 Å². The summed E-state index contributed by atoms with van der Waals surface area (Å²) in [5, 5.41) is 11.4. The van der Waals surface area contributed by atoms with E-state index >= 15 is 0 Å². The zero-order valence-electron chi connectivity index (χ0n) is 7.38. The Labute approximate surface area is 73.7 Å². The Morgan fingerprint density at radius 2 is 2.17 bits per heavy atom. The van der Waals surface area contributed by atoms with Gasteiger partial charge in [-0.1, -0.05) is 0 Å². The second-order valence-electron chi connectivity index (χ2n) is 3.18. The largest absolute Gasteiger partial charge is 0.381 e. The second kappa shape index (κ2) is 5.99. The number of nitrogens with one attached hydrogen (secondary N) is 1. The summed E-state index contributed by atoms with van der Waals surface area (Å²) in [6.45, 7) is 3.28. The number of hydrogen-bond donors (Lipinski definition) is 1. The van der Waals surface area contributed by atoms with Crippen molar-refractivity contribution >= 4 is 0 Å². The van der Waals surface area contributed by atoms with Crippen LogP contribution in [0.25, 0.3) is 0 Å². The molecule has 0 amide bonds. The summed E-state index contributed by atoms with van der Waals surface area (Å²) in [4.78, 5) is 0. The first kappa shape index (κ1) is 9.50. The molecule has 1 rings (SSSR count). The molecule has 1 aliphatic rings. The lowest BCUT2D eigenvalue weighted by molar-refractivity contribution is 0.0641. The predicted octanol–water partition coefficient (Wildman–Crippen LogP) is 0.916. The highest BCUT2D eigenvalue weighted by molar-refractivity contribution is 4.73. The third-order valence-corrected chi connectivity index (χ3v) is 2.27. The summed E-state index contributed by atoms with van der Waals surface area (Å²) in [7, 11) is 0. The van der Waals surface area contributed by atoms with Crippen molar-refractivity contribution in [2.45, 2.75) is 19.3 Å². The van der Waals surface area contributed by atoms with Crippen molar-refractivity contribution in [1.29, 1.82) is 5.26 Å². The lowest BCUT2D eigenvalue weighted by atomic mass is 9.97. The van der Waals surface area contributed by atoms with Gasteiger partial charge in [0.2, 0.25) is 0 Å². The lowest BCUT2D eigenvalue weighted by Crippen LogP contribution is -2.22. The average Bonchev–Trinajstić information content (AvgIpc) is 2.14. The topological polar surface area (TPSA) is 45.0 Å². The number of nitriles is 1. The summed E-state index contributed by atoms with van der Waals surface area (Å²) in [6, 6.07) is 2.07. The molecule has 0 spiro atoms. The minimum atomic E-state index is 0.475. The Kier molecular flexibility index (Phi) is 4.74. The van der Waals surface area contributed by atoms with E-state index in [0.717, 1.165) is 25.7 Å². The van der Waals surface area contributed by atoms with Gasteiger partial charge in [0.1, 0.15) is 0 Å². The van der Waals surface area contributed by atoms with Crippen LogP contribution in [0.2, 0.25) is 0 Å². The van der Waals surface area contributed by atoms with E-state index in [2.05, 4.69) is 11.4 Å². The summed E-state index contributed by atoms with van der Waals surface area (Å²) >= 11 is 0. The molecule has 0 unspecified atom stereocenters. The van der Waals surface area contributed by atoms with Crippen molar-refractivity contribution in [3.05, 3.63) is 0 Å². The van der Waals surface area contributed by atoms with Crippen molar-refractivity contribution in [2.24, 2.45) is 5.92 Å². The number of nitrogens with zero attached hydrogens (tertiary/aromatic N) is 1. The normalized spacial score (nSPS) is 18.9. The molecular formula is C9H16N2O. The molecule has 1 aliphatic heterocycles. The standard InChI is InChI=1S/C9H16N2O/c10-4-6-11-5-1-9-2-7-12-8-3-9/h9,11H,1-3,5-8H2. The van der Waals surface area contributed by atoms with Crippen molar-refractivity contribution in [1.82, 2.24) is 5.32 Å². The summed E-state index contributed by atoms with van der Waals surface area (Å²) in [5.41, 5.74) is 0. The molecule has 0 aromatic rings. The maximum atomic E-state index is 8.27. The van der Waals surface area contributed by atoms with Crippen molar-refractivity contribution in [3.63, 3.8) is 0 Å². The molecule has 1 N–H and O–H groups in total. The van der Waals surface area contributed by atoms with Gasteiger partial charge in [-0.15, -0.1) is 0 Å². The molecule has 12 heavy (non-hydrogen) atoms. The first-order valence-electron chi connectivity index (χ1n) is 4.59. The highest BCUT2D eigenvalue weighted by atomic mass is 16.5. The van der Waals surface area contributed by atoms with Gasteiger partial charge >= 0.3 is 0 Å². The summed E-state index contributed by atoms with van der Waals surface area (Å²) in [5.74, 6) is 0.810. The van der Waals surface area contributed by atoms with Gasteiger partial charge in [0, 0.05) is 13.2 Å². The van der Waals surface area contributed by atoms with Crippen LogP contribution >= 0.6 is 0 Å². The molecule has 0 atom stereocenters. The third kappa shape index (κ3) is 3.70. The maximum Gasteiger partial charge on any atom is 0.0840 e. The van der Waals surface area contributed by atoms with Crippen LogP contribution in [0, 0.1) is 17.2 Å². The minimum Gasteiger partial charge on any atom is -0.381 e. The van der Waals surface area contributed by atoms with Gasteiger partial charge < -0.3 is 10.1 Å². The predicted molar refractivity (Wildman–Crippen MR) is 46.6 cm³/mol.